The van der Waals surface area contributed by atoms with Crippen molar-refractivity contribution < 1.29 is 14.6 Å². The maximum absolute atomic E-state index is 12.7. The molecule has 0 unspecified atom stereocenters. The topological polar surface area (TPSA) is 49.8 Å². The number of aliphatic hydroxyl groups is 1. The molecule has 5 atom stereocenters. The van der Waals surface area contributed by atoms with E-state index in [1.807, 2.05) is 6.92 Å². The van der Waals surface area contributed by atoms with Crippen molar-refractivity contribution in [1.29, 1.82) is 0 Å². The van der Waals surface area contributed by atoms with Gasteiger partial charge in [0.15, 0.2) is 0 Å². The second-order valence-corrected chi connectivity index (χ2v) is 8.45. The highest BCUT2D eigenvalue weighted by Gasteiger charge is 2.56. The van der Waals surface area contributed by atoms with Gasteiger partial charge in [-0.05, 0) is 56.8 Å². The quantitative estimate of drug-likeness (QED) is 0.866. The van der Waals surface area contributed by atoms with E-state index in [1.165, 1.54) is 25.7 Å². The summed E-state index contributed by atoms with van der Waals surface area (Å²) >= 11 is 0. The van der Waals surface area contributed by atoms with Crippen LogP contribution < -0.4 is 0 Å². The number of aliphatic hydroxyl groups excluding tert-OH is 1. The zero-order valence-corrected chi connectivity index (χ0v) is 14.4. The number of fused-ring (bicyclic) bond motifs is 2. The molecule has 1 saturated heterocycles. The number of carbonyl (C=O) groups is 1. The van der Waals surface area contributed by atoms with Crippen LogP contribution in [0.1, 0.15) is 58.3 Å². The highest BCUT2D eigenvalue weighted by molar-refractivity contribution is 5.76. The van der Waals surface area contributed by atoms with Crippen molar-refractivity contribution in [3.63, 3.8) is 0 Å². The first-order valence-electron chi connectivity index (χ1n) is 9.70. The van der Waals surface area contributed by atoms with E-state index in [4.69, 9.17) is 4.74 Å². The second-order valence-electron chi connectivity index (χ2n) is 8.45. The molecule has 4 heteroatoms. The van der Waals surface area contributed by atoms with Gasteiger partial charge in [0.2, 0.25) is 5.91 Å². The predicted molar refractivity (Wildman–Crippen MR) is 87.8 cm³/mol. The third-order valence-corrected chi connectivity index (χ3v) is 7.48. The molecule has 1 amide bonds. The second kappa shape index (κ2) is 6.03. The van der Waals surface area contributed by atoms with E-state index in [0.717, 1.165) is 50.6 Å². The van der Waals surface area contributed by atoms with Gasteiger partial charge >= 0.3 is 0 Å². The summed E-state index contributed by atoms with van der Waals surface area (Å²) in [6.45, 7) is 4.35. The zero-order valence-electron chi connectivity index (χ0n) is 14.4. The Hall–Kier alpha value is -0.610. The fourth-order valence-corrected chi connectivity index (χ4v) is 5.97. The van der Waals surface area contributed by atoms with Crippen LogP contribution in [0.15, 0.2) is 0 Å². The smallest absolute Gasteiger partial charge is 0.222 e. The molecule has 4 fully saturated rings. The minimum atomic E-state index is -0.234. The van der Waals surface area contributed by atoms with Crippen LogP contribution in [0.25, 0.3) is 0 Å². The fraction of sp³-hybridized carbons (Fsp3) is 0.947. The van der Waals surface area contributed by atoms with Gasteiger partial charge in [0, 0.05) is 38.0 Å². The third-order valence-electron chi connectivity index (χ3n) is 7.48. The molecule has 2 bridgehead atoms. The summed E-state index contributed by atoms with van der Waals surface area (Å²) in [5.41, 5.74) is -0.0702. The van der Waals surface area contributed by atoms with E-state index >= 15 is 0 Å². The molecule has 3 aliphatic carbocycles. The molecule has 23 heavy (non-hydrogen) atoms. The standard InChI is InChI=1S/C19H31NO3/c1-2-23-17-12-16(21)19(17)5-7-20(8-6-19)18(22)11-15-10-13-3-4-14(15)9-13/h13-17,21H,2-12H2,1H3/t13-,14-,15-,16-,17+/m0/s1. The summed E-state index contributed by atoms with van der Waals surface area (Å²) in [5.74, 6) is 2.76. The molecule has 1 aliphatic heterocycles. The Bertz CT molecular complexity index is 456. The van der Waals surface area contributed by atoms with Gasteiger partial charge in [0.25, 0.3) is 0 Å². The van der Waals surface area contributed by atoms with Crippen molar-refractivity contribution in [1.82, 2.24) is 4.90 Å². The molecule has 0 aromatic rings. The normalized spacial score (nSPS) is 41.3. The number of ether oxygens (including phenoxy) is 1. The molecule has 4 rings (SSSR count). The highest BCUT2D eigenvalue weighted by Crippen LogP contribution is 2.52. The average Bonchev–Trinajstić information content (AvgIpc) is 3.17. The number of likely N-dealkylation sites (tertiary alicyclic amines) is 1. The highest BCUT2D eigenvalue weighted by atomic mass is 16.5. The number of carbonyl (C=O) groups excluding carboxylic acids is 1. The van der Waals surface area contributed by atoms with Crippen molar-refractivity contribution in [2.24, 2.45) is 23.2 Å². The molecule has 130 valence electrons. The number of amides is 1. The van der Waals surface area contributed by atoms with Crippen LogP contribution in [0.5, 0.6) is 0 Å². The lowest BCUT2D eigenvalue weighted by molar-refractivity contribution is -0.210. The Morgan fingerprint density at radius 2 is 2.00 bits per heavy atom. The van der Waals surface area contributed by atoms with Gasteiger partial charge in [-0.1, -0.05) is 6.42 Å². The van der Waals surface area contributed by atoms with Crippen LogP contribution in [0.4, 0.5) is 0 Å². The summed E-state index contributed by atoms with van der Waals surface area (Å²) in [7, 11) is 0. The molecule has 4 nitrogen and oxygen atoms in total. The first-order chi connectivity index (χ1) is 11.1. The van der Waals surface area contributed by atoms with Crippen molar-refractivity contribution in [2.75, 3.05) is 19.7 Å². The van der Waals surface area contributed by atoms with E-state index in [2.05, 4.69) is 4.90 Å². The van der Waals surface area contributed by atoms with Crippen molar-refractivity contribution in [3.8, 4) is 0 Å². The average molecular weight is 321 g/mol. The maximum atomic E-state index is 12.7. The number of hydrogen-bond acceptors (Lipinski definition) is 3. The lowest BCUT2D eigenvalue weighted by Gasteiger charge is -2.56. The zero-order chi connectivity index (χ0) is 16.0. The van der Waals surface area contributed by atoms with Gasteiger partial charge in [-0.15, -0.1) is 0 Å². The predicted octanol–water partition coefficient (Wildman–Crippen LogP) is 2.59. The first-order valence-corrected chi connectivity index (χ1v) is 9.70. The number of piperidine rings is 1. The van der Waals surface area contributed by atoms with Crippen LogP contribution in [0, 0.1) is 23.2 Å². The lowest BCUT2D eigenvalue weighted by atomic mass is 9.58. The molecular weight excluding hydrogens is 290 g/mol. The number of hydrogen-bond donors (Lipinski definition) is 1. The number of rotatable bonds is 4. The molecule has 3 saturated carbocycles. The molecule has 1 spiro atoms. The third kappa shape index (κ3) is 2.62. The summed E-state index contributed by atoms with van der Waals surface area (Å²) < 4.78 is 5.81. The number of nitrogens with zero attached hydrogens (tertiary/aromatic N) is 1. The van der Waals surface area contributed by atoms with Gasteiger partial charge in [-0.25, -0.2) is 0 Å². The van der Waals surface area contributed by atoms with E-state index in [0.29, 0.717) is 18.4 Å². The summed E-state index contributed by atoms with van der Waals surface area (Å²) in [5, 5.41) is 10.3. The van der Waals surface area contributed by atoms with E-state index < -0.39 is 0 Å². The monoisotopic (exact) mass is 321 g/mol. The fourth-order valence-electron chi connectivity index (χ4n) is 5.97. The summed E-state index contributed by atoms with van der Waals surface area (Å²) in [6, 6.07) is 0. The van der Waals surface area contributed by atoms with Crippen molar-refractivity contribution >= 4 is 5.91 Å². The van der Waals surface area contributed by atoms with Crippen molar-refractivity contribution in [2.45, 2.75) is 70.5 Å². The van der Waals surface area contributed by atoms with Gasteiger partial charge < -0.3 is 14.7 Å². The van der Waals surface area contributed by atoms with E-state index in [9.17, 15) is 9.90 Å². The van der Waals surface area contributed by atoms with Crippen LogP contribution >= 0.6 is 0 Å². The molecule has 0 aromatic heterocycles. The molecular formula is C19H31NO3. The van der Waals surface area contributed by atoms with E-state index in [1.54, 1.807) is 0 Å². The Kier molecular flexibility index (Phi) is 4.17. The molecule has 4 aliphatic rings. The summed E-state index contributed by atoms with van der Waals surface area (Å²) in [4.78, 5) is 14.7. The first kappa shape index (κ1) is 15.9. The minimum Gasteiger partial charge on any atom is -0.392 e. The molecule has 0 aromatic carbocycles. The maximum Gasteiger partial charge on any atom is 0.222 e. The molecule has 1 heterocycles. The SMILES string of the molecule is CCO[C@@H]1C[C@H](O)C12CCN(C(=O)C[C@@H]1C[C@H]3CC[C@H]1C3)CC2. The summed E-state index contributed by atoms with van der Waals surface area (Å²) in [6.07, 6.45) is 8.74. The van der Waals surface area contributed by atoms with Crippen LogP contribution in [-0.2, 0) is 9.53 Å². The van der Waals surface area contributed by atoms with Crippen LogP contribution in [0.2, 0.25) is 0 Å². The Morgan fingerprint density at radius 3 is 2.57 bits per heavy atom. The minimum absolute atomic E-state index is 0.0702. The van der Waals surface area contributed by atoms with Crippen molar-refractivity contribution in [3.05, 3.63) is 0 Å². The van der Waals surface area contributed by atoms with Gasteiger partial charge in [-0.3, -0.25) is 4.79 Å². The Morgan fingerprint density at radius 1 is 1.22 bits per heavy atom. The lowest BCUT2D eigenvalue weighted by Crippen LogP contribution is -2.62. The molecule has 1 N–H and O–H groups in total. The van der Waals surface area contributed by atoms with E-state index in [-0.39, 0.29) is 17.6 Å². The van der Waals surface area contributed by atoms with Crippen LogP contribution in [0.3, 0.4) is 0 Å². The Balaban J connectivity index is 1.30. The van der Waals surface area contributed by atoms with Gasteiger partial charge in [0.05, 0.1) is 12.2 Å². The van der Waals surface area contributed by atoms with Gasteiger partial charge in [-0.2, -0.15) is 0 Å². The molecule has 0 radical (unpaired) electrons. The Labute approximate surface area is 139 Å². The largest absolute Gasteiger partial charge is 0.392 e. The van der Waals surface area contributed by atoms with Gasteiger partial charge in [0.1, 0.15) is 0 Å². The van der Waals surface area contributed by atoms with Crippen LogP contribution in [-0.4, -0.2) is 47.8 Å².